The number of H-pyrrole nitrogens is 1. The Labute approximate surface area is 103 Å². The summed E-state index contributed by atoms with van der Waals surface area (Å²) in [5.74, 6) is 0.967. The first-order chi connectivity index (χ1) is 8.83. The van der Waals surface area contributed by atoms with Gasteiger partial charge in [-0.2, -0.15) is 9.61 Å². The molecule has 2 N–H and O–H groups in total. The lowest BCUT2D eigenvalue weighted by Crippen LogP contribution is -2.33. The summed E-state index contributed by atoms with van der Waals surface area (Å²) in [6, 6.07) is 3.44. The number of hydrogen-bond donors (Lipinski definition) is 2. The summed E-state index contributed by atoms with van der Waals surface area (Å²) in [6.07, 6.45) is 2.35. The van der Waals surface area contributed by atoms with Gasteiger partial charge in [-0.25, -0.2) is 9.89 Å². The van der Waals surface area contributed by atoms with E-state index < -0.39 is 0 Å². The lowest BCUT2D eigenvalue weighted by molar-refractivity contribution is 0.210. The van der Waals surface area contributed by atoms with Crippen LogP contribution in [0.3, 0.4) is 0 Å². The van der Waals surface area contributed by atoms with Crippen molar-refractivity contribution in [2.45, 2.75) is 12.8 Å². The Kier molecular flexibility index (Phi) is 2.97. The van der Waals surface area contributed by atoms with Crippen molar-refractivity contribution in [1.82, 2.24) is 25.1 Å². The number of aromatic nitrogens is 4. The summed E-state index contributed by atoms with van der Waals surface area (Å²) in [4.78, 5) is 11.4. The molecule has 1 aliphatic rings. The molecule has 2 aromatic heterocycles. The SMILES string of the molecule is O=c1[nH]nc2ccc(OCC3CCCNC3)nn12. The van der Waals surface area contributed by atoms with Crippen molar-refractivity contribution in [3.63, 3.8) is 0 Å². The van der Waals surface area contributed by atoms with Gasteiger partial charge in [-0.15, -0.1) is 5.10 Å². The second-order valence-corrected chi connectivity index (χ2v) is 4.49. The molecule has 1 saturated heterocycles. The van der Waals surface area contributed by atoms with Crippen LogP contribution in [0.15, 0.2) is 16.9 Å². The van der Waals surface area contributed by atoms with E-state index >= 15 is 0 Å². The molecule has 0 saturated carbocycles. The summed E-state index contributed by atoms with van der Waals surface area (Å²) in [5, 5.41) is 13.6. The number of ether oxygens (including phenoxy) is 1. The number of nitrogens with zero attached hydrogens (tertiary/aromatic N) is 3. The molecule has 1 fully saturated rings. The fourth-order valence-electron chi connectivity index (χ4n) is 2.13. The maximum Gasteiger partial charge on any atom is 0.364 e. The average molecular weight is 249 g/mol. The fraction of sp³-hybridized carbons (Fsp3) is 0.545. The molecule has 2 aromatic rings. The summed E-state index contributed by atoms with van der Waals surface area (Å²) in [7, 11) is 0. The van der Waals surface area contributed by atoms with Crippen molar-refractivity contribution in [3.8, 4) is 5.88 Å². The van der Waals surface area contributed by atoms with Gasteiger partial charge in [0.25, 0.3) is 0 Å². The molecule has 1 unspecified atom stereocenters. The van der Waals surface area contributed by atoms with Gasteiger partial charge in [0.15, 0.2) is 5.65 Å². The largest absolute Gasteiger partial charge is 0.476 e. The molecular weight excluding hydrogens is 234 g/mol. The Balaban J connectivity index is 1.70. The Hall–Kier alpha value is -1.89. The van der Waals surface area contributed by atoms with Crippen molar-refractivity contribution in [1.29, 1.82) is 0 Å². The number of piperidine rings is 1. The minimum Gasteiger partial charge on any atom is -0.476 e. The van der Waals surface area contributed by atoms with Gasteiger partial charge in [0.05, 0.1) is 6.61 Å². The molecular formula is C11H15N5O2. The predicted octanol–water partition coefficient (Wildman–Crippen LogP) is -0.204. The smallest absolute Gasteiger partial charge is 0.364 e. The number of fused-ring (bicyclic) bond motifs is 1. The molecule has 18 heavy (non-hydrogen) atoms. The van der Waals surface area contributed by atoms with Crippen molar-refractivity contribution in [2.75, 3.05) is 19.7 Å². The zero-order chi connectivity index (χ0) is 12.4. The second-order valence-electron chi connectivity index (χ2n) is 4.49. The zero-order valence-electron chi connectivity index (χ0n) is 9.93. The highest BCUT2D eigenvalue weighted by Crippen LogP contribution is 2.12. The monoisotopic (exact) mass is 249 g/mol. The molecule has 3 rings (SSSR count). The molecule has 3 heterocycles. The minimum atomic E-state index is -0.352. The summed E-state index contributed by atoms with van der Waals surface area (Å²) < 4.78 is 6.83. The van der Waals surface area contributed by atoms with Crippen LogP contribution in [0.1, 0.15) is 12.8 Å². The topological polar surface area (TPSA) is 84.3 Å². The van der Waals surface area contributed by atoms with Crippen LogP contribution in [0.25, 0.3) is 5.65 Å². The third-order valence-electron chi connectivity index (χ3n) is 3.11. The van der Waals surface area contributed by atoms with Crippen molar-refractivity contribution < 1.29 is 4.74 Å². The van der Waals surface area contributed by atoms with Gasteiger partial charge in [0, 0.05) is 18.5 Å². The van der Waals surface area contributed by atoms with Gasteiger partial charge in [-0.1, -0.05) is 0 Å². The van der Waals surface area contributed by atoms with E-state index in [4.69, 9.17) is 4.74 Å². The quantitative estimate of drug-likeness (QED) is 0.786. The van der Waals surface area contributed by atoms with Gasteiger partial charge in [0.1, 0.15) is 0 Å². The third kappa shape index (κ3) is 2.21. The summed E-state index contributed by atoms with van der Waals surface area (Å²) in [6.45, 7) is 2.69. The maximum atomic E-state index is 11.4. The van der Waals surface area contributed by atoms with E-state index in [2.05, 4.69) is 20.6 Å². The lowest BCUT2D eigenvalue weighted by Gasteiger charge is -2.22. The van der Waals surface area contributed by atoms with Crippen LogP contribution in [0, 0.1) is 5.92 Å². The Morgan fingerprint density at radius 2 is 2.44 bits per heavy atom. The Morgan fingerprint density at radius 3 is 3.28 bits per heavy atom. The van der Waals surface area contributed by atoms with Crippen LogP contribution in [-0.4, -0.2) is 39.5 Å². The van der Waals surface area contributed by atoms with E-state index in [0.29, 0.717) is 24.1 Å². The van der Waals surface area contributed by atoms with E-state index in [0.717, 1.165) is 13.1 Å². The van der Waals surface area contributed by atoms with E-state index in [1.807, 2.05) is 0 Å². The highest BCUT2D eigenvalue weighted by atomic mass is 16.5. The van der Waals surface area contributed by atoms with Gasteiger partial charge in [-0.3, -0.25) is 0 Å². The molecule has 0 radical (unpaired) electrons. The molecule has 1 atom stereocenters. The van der Waals surface area contributed by atoms with E-state index in [1.54, 1.807) is 12.1 Å². The molecule has 0 bridgehead atoms. The number of rotatable bonds is 3. The van der Waals surface area contributed by atoms with Crippen molar-refractivity contribution in [2.24, 2.45) is 5.92 Å². The highest BCUT2D eigenvalue weighted by Gasteiger charge is 2.14. The zero-order valence-corrected chi connectivity index (χ0v) is 9.93. The molecule has 1 aliphatic heterocycles. The Morgan fingerprint density at radius 1 is 1.50 bits per heavy atom. The first-order valence-corrected chi connectivity index (χ1v) is 6.11. The van der Waals surface area contributed by atoms with Crippen LogP contribution in [0.2, 0.25) is 0 Å². The standard InChI is InChI=1S/C11H15N5O2/c17-11-14-13-9-3-4-10(15-16(9)11)18-7-8-2-1-5-12-6-8/h3-4,8,12H,1-2,5-7H2,(H,14,17). The maximum absolute atomic E-state index is 11.4. The normalized spacial score (nSPS) is 20.1. The Bertz CT molecular complexity index is 584. The predicted molar refractivity (Wildman–Crippen MR) is 64.7 cm³/mol. The fourth-order valence-corrected chi connectivity index (χ4v) is 2.13. The van der Waals surface area contributed by atoms with Crippen molar-refractivity contribution >= 4 is 5.65 Å². The van der Waals surface area contributed by atoms with Gasteiger partial charge < -0.3 is 10.1 Å². The molecule has 0 aromatic carbocycles. The van der Waals surface area contributed by atoms with Gasteiger partial charge >= 0.3 is 5.69 Å². The minimum absolute atomic E-state index is 0.352. The first-order valence-electron chi connectivity index (χ1n) is 6.11. The van der Waals surface area contributed by atoms with Crippen LogP contribution >= 0.6 is 0 Å². The van der Waals surface area contributed by atoms with Crippen LogP contribution in [0.5, 0.6) is 5.88 Å². The van der Waals surface area contributed by atoms with Crippen LogP contribution in [-0.2, 0) is 0 Å². The average Bonchev–Trinajstić information content (AvgIpc) is 2.79. The number of nitrogens with one attached hydrogen (secondary N) is 2. The van der Waals surface area contributed by atoms with Gasteiger partial charge in [0.2, 0.25) is 5.88 Å². The molecule has 7 nitrogen and oxygen atoms in total. The van der Waals surface area contributed by atoms with Crippen LogP contribution in [0.4, 0.5) is 0 Å². The second kappa shape index (κ2) is 4.77. The molecule has 0 amide bonds. The molecule has 7 heteroatoms. The number of aromatic amines is 1. The summed E-state index contributed by atoms with van der Waals surface area (Å²) in [5.41, 5.74) is 0.140. The van der Waals surface area contributed by atoms with E-state index in [9.17, 15) is 4.79 Å². The lowest BCUT2D eigenvalue weighted by atomic mass is 10.0. The van der Waals surface area contributed by atoms with Crippen molar-refractivity contribution in [3.05, 3.63) is 22.6 Å². The molecule has 96 valence electrons. The highest BCUT2D eigenvalue weighted by molar-refractivity contribution is 5.35. The molecule has 0 spiro atoms. The first kappa shape index (κ1) is 11.2. The van der Waals surface area contributed by atoms with Crippen LogP contribution < -0.4 is 15.7 Å². The number of hydrogen-bond acceptors (Lipinski definition) is 5. The van der Waals surface area contributed by atoms with E-state index in [-0.39, 0.29) is 5.69 Å². The third-order valence-corrected chi connectivity index (χ3v) is 3.11. The molecule has 0 aliphatic carbocycles. The van der Waals surface area contributed by atoms with E-state index in [1.165, 1.54) is 17.4 Å². The summed E-state index contributed by atoms with van der Waals surface area (Å²) >= 11 is 0. The van der Waals surface area contributed by atoms with Gasteiger partial charge in [-0.05, 0) is 25.5 Å².